The van der Waals surface area contributed by atoms with Crippen molar-refractivity contribution in [2.75, 3.05) is 0 Å². The highest BCUT2D eigenvalue weighted by Gasteiger charge is 2.92. The molecule has 0 aromatic rings. The standard InChI is InChI=1S/C10H3F19O2/c1-2(11,12)30-9(26,27)10(28,29)31-8(24,25)6(19,20)4(15,16)3(13,14)5(17,18)7(21,22)23/h1H3. The van der Waals surface area contributed by atoms with E-state index in [1.165, 1.54) is 4.74 Å². The molecule has 31 heavy (non-hydrogen) atoms. The van der Waals surface area contributed by atoms with Crippen molar-refractivity contribution in [3.05, 3.63) is 0 Å². The van der Waals surface area contributed by atoms with E-state index in [9.17, 15) is 83.4 Å². The second-order valence-electron chi connectivity index (χ2n) is 5.36. The highest BCUT2D eigenvalue weighted by molar-refractivity contribution is 5.08. The topological polar surface area (TPSA) is 18.5 Å². The third-order valence-corrected chi connectivity index (χ3v) is 2.81. The summed E-state index contributed by atoms with van der Waals surface area (Å²) in [6.07, 6.45) is -35.9. The van der Waals surface area contributed by atoms with Crippen LogP contribution >= 0.6 is 0 Å². The van der Waals surface area contributed by atoms with Gasteiger partial charge in [0.05, 0.1) is 0 Å². The van der Waals surface area contributed by atoms with E-state index < -0.39 is 61.2 Å². The van der Waals surface area contributed by atoms with Gasteiger partial charge in [-0.2, -0.15) is 83.4 Å². The third kappa shape index (κ3) is 4.85. The number of rotatable bonds is 9. The lowest BCUT2D eigenvalue weighted by Gasteiger charge is -2.40. The van der Waals surface area contributed by atoms with Crippen LogP contribution in [0.5, 0.6) is 0 Å². The van der Waals surface area contributed by atoms with E-state index in [4.69, 9.17) is 0 Å². The Morgan fingerprint density at radius 1 is 0.355 bits per heavy atom. The molecule has 0 radical (unpaired) electrons. The monoisotopic (exact) mass is 516 g/mol. The molecule has 0 spiro atoms. The highest BCUT2D eigenvalue weighted by atomic mass is 19.4. The molecular formula is C10H3F19O2. The summed E-state index contributed by atoms with van der Waals surface area (Å²) in [4.78, 5) is 0. The molecule has 0 fully saturated rings. The Labute approximate surface area is 155 Å². The van der Waals surface area contributed by atoms with Crippen LogP contribution in [0.4, 0.5) is 83.4 Å². The second-order valence-corrected chi connectivity index (χ2v) is 5.36. The Morgan fingerprint density at radius 3 is 0.935 bits per heavy atom. The summed E-state index contributed by atoms with van der Waals surface area (Å²) in [6, 6.07) is 0. The molecule has 0 unspecified atom stereocenters. The summed E-state index contributed by atoms with van der Waals surface area (Å²) in [5, 5.41) is 0. The molecule has 0 saturated heterocycles. The van der Waals surface area contributed by atoms with Crippen molar-refractivity contribution >= 4 is 0 Å². The summed E-state index contributed by atoms with van der Waals surface area (Å²) in [5.74, 6) is -33.9. The van der Waals surface area contributed by atoms with Gasteiger partial charge in [-0.1, -0.05) is 0 Å². The van der Waals surface area contributed by atoms with Crippen LogP contribution in [0.25, 0.3) is 0 Å². The molecule has 0 aromatic carbocycles. The van der Waals surface area contributed by atoms with Crippen molar-refractivity contribution < 1.29 is 92.9 Å². The summed E-state index contributed by atoms with van der Waals surface area (Å²) in [5.41, 5.74) is 0. The van der Waals surface area contributed by atoms with Gasteiger partial charge in [-0.05, 0) is 0 Å². The van der Waals surface area contributed by atoms with E-state index in [0.29, 0.717) is 0 Å². The first-order valence-electron chi connectivity index (χ1n) is 6.41. The minimum absolute atomic E-state index is 0.780. The van der Waals surface area contributed by atoms with Crippen molar-refractivity contribution in [2.24, 2.45) is 0 Å². The van der Waals surface area contributed by atoms with Gasteiger partial charge in [-0.3, -0.25) is 0 Å². The van der Waals surface area contributed by atoms with Gasteiger partial charge in [0.2, 0.25) is 0 Å². The maximum Gasteiger partial charge on any atom is 0.460 e. The van der Waals surface area contributed by atoms with Gasteiger partial charge >= 0.3 is 54.3 Å². The molecule has 0 N–H and O–H groups in total. The maximum atomic E-state index is 13.1. The van der Waals surface area contributed by atoms with Crippen LogP contribution in [0.3, 0.4) is 0 Å². The third-order valence-electron chi connectivity index (χ3n) is 2.81. The molecule has 21 heteroatoms. The number of alkyl halides is 19. The van der Waals surface area contributed by atoms with Gasteiger partial charge in [0, 0.05) is 6.92 Å². The van der Waals surface area contributed by atoms with Crippen LogP contribution < -0.4 is 0 Å². The first-order valence-corrected chi connectivity index (χ1v) is 6.41. The molecule has 188 valence electrons. The van der Waals surface area contributed by atoms with E-state index in [0.717, 1.165) is 0 Å². The van der Waals surface area contributed by atoms with E-state index in [-0.39, 0.29) is 0 Å². The average molecular weight is 516 g/mol. The summed E-state index contributed by atoms with van der Waals surface area (Å²) in [6.45, 7) is -0.780. The van der Waals surface area contributed by atoms with Crippen molar-refractivity contribution in [1.82, 2.24) is 0 Å². The van der Waals surface area contributed by atoms with Gasteiger partial charge in [0.25, 0.3) is 0 Å². The largest absolute Gasteiger partial charge is 0.460 e. The SMILES string of the molecule is CC(F)(F)OC(F)(F)C(F)(F)OC(F)(F)C(F)(F)C(F)(F)C(F)(F)C(F)(F)C(F)(F)F. The number of hydrogen-bond donors (Lipinski definition) is 0. The van der Waals surface area contributed by atoms with E-state index in [1.54, 1.807) is 0 Å². The van der Waals surface area contributed by atoms with Crippen LogP contribution in [0, 0.1) is 0 Å². The predicted octanol–water partition coefficient (Wildman–Crippen LogP) is 6.51. The highest BCUT2D eigenvalue weighted by Crippen LogP contribution is 2.61. The summed E-state index contributed by atoms with van der Waals surface area (Å²) >= 11 is 0. The van der Waals surface area contributed by atoms with Gasteiger partial charge in [0.15, 0.2) is 0 Å². The van der Waals surface area contributed by atoms with Crippen LogP contribution in [-0.4, -0.2) is 54.3 Å². The van der Waals surface area contributed by atoms with Gasteiger partial charge in [-0.25, -0.2) is 9.47 Å². The maximum absolute atomic E-state index is 13.1. The minimum atomic E-state index is -8.64. The molecule has 0 heterocycles. The molecule has 0 amide bonds. The number of ether oxygens (including phenoxy) is 2. The fourth-order valence-electron chi connectivity index (χ4n) is 1.32. The van der Waals surface area contributed by atoms with Crippen LogP contribution in [0.2, 0.25) is 0 Å². The molecule has 0 aromatic heterocycles. The second kappa shape index (κ2) is 7.30. The predicted molar refractivity (Wildman–Crippen MR) is 53.5 cm³/mol. The first kappa shape index (κ1) is 29.6. The molecule has 0 aliphatic rings. The molecule has 0 rings (SSSR count). The normalized spacial score (nSPS) is 16.6. The lowest BCUT2D eigenvalue weighted by molar-refractivity contribution is -0.542. The summed E-state index contributed by atoms with van der Waals surface area (Å²) < 4.78 is 243. The summed E-state index contributed by atoms with van der Waals surface area (Å²) in [7, 11) is 0. The van der Waals surface area contributed by atoms with E-state index in [2.05, 4.69) is 0 Å². The molecule has 0 atom stereocenters. The van der Waals surface area contributed by atoms with Crippen molar-refractivity contribution in [3.8, 4) is 0 Å². The molecule has 0 aliphatic carbocycles. The Kier molecular flexibility index (Phi) is 6.97. The zero-order valence-electron chi connectivity index (χ0n) is 13.5. The van der Waals surface area contributed by atoms with Gasteiger partial charge in [-0.15, -0.1) is 0 Å². The molecule has 0 saturated carbocycles. The zero-order valence-corrected chi connectivity index (χ0v) is 13.5. The van der Waals surface area contributed by atoms with Crippen LogP contribution in [-0.2, 0) is 9.47 Å². The minimum Gasteiger partial charge on any atom is -0.248 e. The lowest BCUT2D eigenvalue weighted by atomic mass is 9.97. The smallest absolute Gasteiger partial charge is 0.248 e. The van der Waals surface area contributed by atoms with Crippen molar-refractivity contribution in [1.29, 1.82) is 0 Å². The van der Waals surface area contributed by atoms with Gasteiger partial charge in [0.1, 0.15) is 0 Å². The quantitative estimate of drug-likeness (QED) is 0.326. The Morgan fingerprint density at radius 2 is 0.645 bits per heavy atom. The lowest BCUT2D eigenvalue weighted by Crippen LogP contribution is -2.71. The van der Waals surface area contributed by atoms with Crippen molar-refractivity contribution in [3.63, 3.8) is 0 Å². The Balaban J connectivity index is 6.36. The van der Waals surface area contributed by atoms with Crippen molar-refractivity contribution in [2.45, 2.75) is 61.2 Å². The van der Waals surface area contributed by atoms with Crippen LogP contribution in [0.15, 0.2) is 0 Å². The molecule has 0 aliphatic heterocycles. The number of halogens is 19. The van der Waals surface area contributed by atoms with Gasteiger partial charge < -0.3 is 0 Å². The Hall–Kier alpha value is -1.41. The number of hydrogen-bond acceptors (Lipinski definition) is 2. The fourth-order valence-corrected chi connectivity index (χ4v) is 1.32. The molecule has 2 nitrogen and oxygen atoms in total. The van der Waals surface area contributed by atoms with Crippen LogP contribution in [0.1, 0.15) is 6.92 Å². The molecular weight excluding hydrogens is 513 g/mol. The van der Waals surface area contributed by atoms with E-state index >= 15 is 0 Å². The Bertz CT molecular complexity index is 641. The zero-order chi connectivity index (χ0) is 25.9. The average Bonchev–Trinajstić information content (AvgIpc) is 2.41. The molecule has 0 bridgehead atoms. The van der Waals surface area contributed by atoms with E-state index in [1.807, 2.05) is 4.74 Å². The first-order chi connectivity index (χ1) is 12.9. The fraction of sp³-hybridized carbons (Fsp3) is 1.00.